The summed E-state index contributed by atoms with van der Waals surface area (Å²) in [5.74, 6) is 1.63. The number of fused-ring (bicyclic) bond motifs is 1. The first-order chi connectivity index (χ1) is 14.3. The normalized spacial score (nSPS) is 22.6. The number of hydrogen-bond acceptors (Lipinski definition) is 5. The Morgan fingerprint density at radius 2 is 2.10 bits per heavy atom. The zero-order valence-electron chi connectivity index (χ0n) is 17.4. The second kappa shape index (κ2) is 8.39. The van der Waals surface area contributed by atoms with Crippen molar-refractivity contribution in [2.24, 2.45) is 5.92 Å². The fourth-order valence-electron chi connectivity index (χ4n) is 4.46. The number of sulfonamides is 1. The largest absolute Gasteiger partial charge is 0.354 e. The maximum Gasteiger partial charge on any atom is 0.240 e. The molecule has 1 saturated carbocycles. The molecule has 1 aliphatic carbocycles. The second-order valence-corrected chi connectivity index (χ2v) is 10.3. The van der Waals surface area contributed by atoms with E-state index in [-0.39, 0.29) is 11.9 Å². The number of carbonyl (C=O) groups excluding carboxylic acids is 1. The molecule has 162 valence electrons. The standard InChI is InChI=1S/C21H29N5O3S/c1-13(2)23-21(27)10-14-3-4-15(9-14)18-12-20(26-25-18)24-17-5-6-19-16(11-17)7-8-22-30(19,28)29/h5-6,11-15,22H,3-4,7-10H2,1-2H3,(H,23,27)(H2,24,25,26)/t14-,15+/m1/s1. The van der Waals surface area contributed by atoms with Crippen molar-refractivity contribution in [2.45, 2.75) is 62.8 Å². The molecule has 0 saturated heterocycles. The van der Waals surface area contributed by atoms with Crippen LogP contribution >= 0.6 is 0 Å². The summed E-state index contributed by atoms with van der Waals surface area (Å²) < 4.78 is 26.7. The Morgan fingerprint density at radius 3 is 2.90 bits per heavy atom. The monoisotopic (exact) mass is 431 g/mol. The average molecular weight is 432 g/mol. The number of amides is 1. The van der Waals surface area contributed by atoms with Gasteiger partial charge in [0.15, 0.2) is 5.82 Å². The molecule has 2 aromatic rings. The molecule has 8 nitrogen and oxygen atoms in total. The van der Waals surface area contributed by atoms with Crippen molar-refractivity contribution < 1.29 is 13.2 Å². The maximum atomic E-state index is 12.1. The predicted octanol–water partition coefficient (Wildman–Crippen LogP) is 2.79. The van der Waals surface area contributed by atoms with Gasteiger partial charge in [-0.2, -0.15) is 5.10 Å². The van der Waals surface area contributed by atoms with Gasteiger partial charge in [-0.15, -0.1) is 0 Å². The number of aromatic nitrogens is 2. The quantitative estimate of drug-likeness (QED) is 0.561. The maximum absolute atomic E-state index is 12.1. The van der Waals surface area contributed by atoms with Crippen LogP contribution in [0.2, 0.25) is 0 Å². The first-order valence-corrected chi connectivity index (χ1v) is 12.0. The van der Waals surface area contributed by atoms with Gasteiger partial charge in [-0.25, -0.2) is 13.1 Å². The van der Waals surface area contributed by atoms with Gasteiger partial charge in [0.25, 0.3) is 0 Å². The number of benzene rings is 1. The van der Waals surface area contributed by atoms with E-state index in [9.17, 15) is 13.2 Å². The lowest BCUT2D eigenvalue weighted by molar-refractivity contribution is -0.122. The van der Waals surface area contributed by atoms with Crippen molar-refractivity contribution >= 4 is 27.4 Å². The fourth-order valence-corrected chi connectivity index (χ4v) is 5.74. The summed E-state index contributed by atoms with van der Waals surface area (Å²) >= 11 is 0. The first-order valence-electron chi connectivity index (χ1n) is 10.5. The van der Waals surface area contributed by atoms with Crippen molar-refractivity contribution in [2.75, 3.05) is 11.9 Å². The third-order valence-electron chi connectivity index (χ3n) is 5.81. The lowest BCUT2D eigenvalue weighted by Gasteiger charge is -2.18. The van der Waals surface area contributed by atoms with Crippen LogP contribution in [0, 0.1) is 5.92 Å². The highest BCUT2D eigenvalue weighted by molar-refractivity contribution is 7.89. The highest BCUT2D eigenvalue weighted by Gasteiger charge is 2.29. The van der Waals surface area contributed by atoms with Crippen molar-refractivity contribution in [3.63, 3.8) is 0 Å². The topological polar surface area (TPSA) is 116 Å². The van der Waals surface area contributed by atoms with Crippen LogP contribution in [0.25, 0.3) is 0 Å². The van der Waals surface area contributed by atoms with Crippen LogP contribution in [0.3, 0.4) is 0 Å². The number of anilines is 2. The molecular weight excluding hydrogens is 402 g/mol. The molecule has 0 unspecified atom stereocenters. The Labute approximate surface area is 177 Å². The van der Waals surface area contributed by atoms with E-state index in [1.54, 1.807) is 12.1 Å². The molecule has 2 aliphatic rings. The summed E-state index contributed by atoms with van der Waals surface area (Å²) in [6.45, 7) is 4.38. The van der Waals surface area contributed by atoms with Gasteiger partial charge in [0, 0.05) is 42.4 Å². The number of rotatable bonds is 6. The van der Waals surface area contributed by atoms with Crippen molar-refractivity contribution in [3.8, 4) is 0 Å². The van der Waals surface area contributed by atoms with Crippen molar-refractivity contribution in [3.05, 3.63) is 35.5 Å². The molecule has 1 aromatic carbocycles. The van der Waals surface area contributed by atoms with Crippen LogP contribution in [0.4, 0.5) is 11.5 Å². The smallest absolute Gasteiger partial charge is 0.240 e. The van der Waals surface area contributed by atoms with E-state index >= 15 is 0 Å². The molecule has 1 fully saturated rings. The molecule has 1 aromatic heterocycles. The number of hydrogen-bond donors (Lipinski definition) is 4. The van der Waals surface area contributed by atoms with Gasteiger partial charge in [0.05, 0.1) is 4.90 Å². The third-order valence-corrected chi connectivity index (χ3v) is 7.37. The third kappa shape index (κ3) is 4.67. The molecule has 0 radical (unpaired) electrons. The lowest BCUT2D eigenvalue weighted by Crippen LogP contribution is -2.31. The minimum atomic E-state index is -3.39. The second-order valence-electron chi connectivity index (χ2n) is 8.61. The van der Waals surface area contributed by atoms with Gasteiger partial charge in [-0.3, -0.25) is 9.89 Å². The van der Waals surface area contributed by atoms with Gasteiger partial charge in [-0.05, 0) is 69.2 Å². The molecule has 1 aliphatic heterocycles. The summed E-state index contributed by atoms with van der Waals surface area (Å²) in [6.07, 6.45) is 4.33. The van der Waals surface area contributed by atoms with Gasteiger partial charge in [-0.1, -0.05) is 0 Å². The van der Waals surface area contributed by atoms with E-state index in [1.165, 1.54) is 0 Å². The molecule has 1 amide bonds. The Balaban J connectivity index is 1.38. The van der Waals surface area contributed by atoms with E-state index < -0.39 is 10.0 Å². The average Bonchev–Trinajstić information content (AvgIpc) is 3.30. The minimum Gasteiger partial charge on any atom is -0.354 e. The number of nitrogens with zero attached hydrogens (tertiary/aromatic N) is 1. The molecule has 0 spiro atoms. The summed E-state index contributed by atoms with van der Waals surface area (Å²) in [5, 5.41) is 13.7. The zero-order chi connectivity index (χ0) is 21.3. The van der Waals surface area contributed by atoms with Gasteiger partial charge in [0.2, 0.25) is 15.9 Å². The van der Waals surface area contributed by atoms with Gasteiger partial charge < -0.3 is 10.6 Å². The molecule has 4 rings (SSSR count). The van der Waals surface area contributed by atoms with Crippen LogP contribution in [0.5, 0.6) is 0 Å². The van der Waals surface area contributed by atoms with E-state index in [0.29, 0.717) is 41.9 Å². The van der Waals surface area contributed by atoms with Crippen molar-refractivity contribution in [1.29, 1.82) is 0 Å². The summed E-state index contributed by atoms with van der Waals surface area (Å²) in [5.41, 5.74) is 2.71. The van der Waals surface area contributed by atoms with E-state index in [4.69, 9.17) is 0 Å². The van der Waals surface area contributed by atoms with Crippen molar-refractivity contribution in [1.82, 2.24) is 20.2 Å². The Morgan fingerprint density at radius 1 is 1.27 bits per heavy atom. The number of aromatic amines is 1. The fraction of sp³-hybridized carbons (Fsp3) is 0.524. The van der Waals surface area contributed by atoms with Crippen LogP contribution in [-0.4, -0.2) is 37.1 Å². The number of H-pyrrole nitrogens is 1. The summed E-state index contributed by atoms with van der Waals surface area (Å²) in [7, 11) is -3.39. The minimum absolute atomic E-state index is 0.132. The highest BCUT2D eigenvalue weighted by atomic mass is 32.2. The Kier molecular flexibility index (Phi) is 5.84. The SMILES string of the molecule is CC(C)NC(=O)C[C@@H]1CC[C@H](c2cc(Nc3ccc4c(c3)CCNS4(=O)=O)n[nH]2)C1. The lowest BCUT2D eigenvalue weighted by atomic mass is 9.99. The predicted molar refractivity (Wildman–Crippen MR) is 115 cm³/mol. The van der Waals surface area contributed by atoms with E-state index in [1.807, 2.05) is 26.0 Å². The van der Waals surface area contributed by atoms with E-state index in [2.05, 4.69) is 25.6 Å². The van der Waals surface area contributed by atoms with Crippen LogP contribution < -0.4 is 15.4 Å². The molecule has 2 heterocycles. The molecule has 30 heavy (non-hydrogen) atoms. The van der Waals surface area contributed by atoms with Gasteiger partial charge in [0.1, 0.15) is 0 Å². The molecule has 2 atom stereocenters. The van der Waals surface area contributed by atoms with Crippen LogP contribution in [0.1, 0.15) is 56.7 Å². The first kappa shape index (κ1) is 20.9. The van der Waals surface area contributed by atoms with Gasteiger partial charge >= 0.3 is 0 Å². The molecule has 0 bridgehead atoms. The molecule has 4 N–H and O–H groups in total. The zero-order valence-corrected chi connectivity index (χ0v) is 18.2. The summed E-state index contributed by atoms with van der Waals surface area (Å²) in [4.78, 5) is 12.4. The molecular formula is C21H29N5O3S. The Hall–Kier alpha value is -2.39. The molecule has 9 heteroatoms. The Bertz CT molecular complexity index is 1030. The summed E-state index contributed by atoms with van der Waals surface area (Å²) in [6, 6.07) is 7.46. The number of nitrogens with one attached hydrogen (secondary N) is 4. The van der Waals surface area contributed by atoms with Crippen LogP contribution in [0.15, 0.2) is 29.2 Å². The number of carbonyl (C=O) groups is 1. The van der Waals surface area contributed by atoms with Crippen LogP contribution in [-0.2, 0) is 21.2 Å². The highest BCUT2D eigenvalue weighted by Crippen LogP contribution is 2.39. The van der Waals surface area contributed by atoms with E-state index in [0.717, 1.165) is 36.2 Å².